The Morgan fingerprint density at radius 3 is 2.88 bits per heavy atom. The standard InChI is InChI=1S/C11H17ClN4/c1-8-7-15(2)3-4-16(8)11-10(12)5-9(13)6-14-11/h5-6,8H,3-4,7,13H2,1-2H3. The summed E-state index contributed by atoms with van der Waals surface area (Å²) >= 11 is 6.17. The number of aromatic nitrogens is 1. The van der Waals surface area contributed by atoms with Crippen LogP contribution in [-0.4, -0.2) is 42.6 Å². The molecule has 1 aromatic heterocycles. The molecule has 0 saturated carbocycles. The Bertz CT molecular complexity index is 382. The summed E-state index contributed by atoms with van der Waals surface area (Å²) in [6, 6.07) is 2.18. The van der Waals surface area contributed by atoms with Gasteiger partial charge < -0.3 is 15.5 Å². The molecule has 0 bridgehead atoms. The summed E-state index contributed by atoms with van der Waals surface area (Å²) in [5.74, 6) is 0.844. The maximum absolute atomic E-state index is 6.17. The maximum atomic E-state index is 6.17. The zero-order valence-corrected chi connectivity index (χ0v) is 10.4. The van der Waals surface area contributed by atoms with Crippen LogP contribution in [0.3, 0.4) is 0 Å². The van der Waals surface area contributed by atoms with E-state index in [2.05, 4.69) is 28.8 Å². The van der Waals surface area contributed by atoms with E-state index >= 15 is 0 Å². The van der Waals surface area contributed by atoms with E-state index in [4.69, 9.17) is 17.3 Å². The van der Waals surface area contributed by atoms with E-state index in [0.29, 0.717) is 16.8 Å². The Morgan fingerprint density at radius 1 is 1.50 bits per heavy atom. The second kappa shape index (κ2) is 4.47. The van der Waals surface area contributed by atoms with Gasteiger partial charge in [0.05, 0.1) is 16.9 Å². The molecule has 16 heavy (non-hydrogen) atoms. The average Bonchev–Trinajstić information content (AvgIpc) is 2.19. The van der Waals surface area contributed by atoms with Crippen molar-refractivity contribution in [3.8, 4) is 0 Å². The molecule has 5 heteroatoms. The van der Waals surface area contributed by atoms with E-state index in [1.54, 1.807) is 12.3 Å². The van der Waals surface area contributed by atoms with E-state index in [9.17, 15) is 0 Å². The molecular weight excluding hydrogens is 224 g/mol. The molecule has 1 aliphatic rings. The molecule has 2 heterocycles. The lowest BCUT2D eigenvalue weighted by atomic mass is 10.2. The number of likely N-dealkylation sites (N-methyl/N-ethyl adjacent to an activating group) is 1. The fourth-order valence-corrected chi connectivity index (χ4v) is 2.39. The molecule has 0 aliphatic carbocycles. The third kappa shape index (κ3) is 2.23. The lowest BCUT2D eigenvalue weighted by Gasteiger charge is -2.39. The molecular formula is C11H17ClN4. The number of piperazine rings is 1. The van der Waals surface area contributed by atoms with Crippen LogP contribution in [-0.2, 0) is 0 Å². The summed E-state index contributed by atoms with van der Waals surface area (Å²) in [7, 11) is 2.13. The third-order valence-electron chi connectivity index (χ3n) is 2.95. The SMILES string of the molecule is CC1CN(C)CCN1c1ncc(N)cc1Cl. The summed E-state index contributed by atoms with van der Waals surface area (Å²) in [6.45, 7) is 5.20. The van der Waals surface area contributed by atoms with Crippen LogP contribution >= 0.6 is 11.6 Å². The van der Waals surface area contributed by atoms with Gasteiger partial charge in [-0.2, -0.15) is 0 Å². The fraction of sp³-hybridized carbons (Fsp3) is 0.545. The number of hydrogen-bond acceptors (Lipinski definition) is 4. The van der Waals surface area contributed by atoms with Crippen molar-refractivity contribution < 1.29 is 0 Å². The number of anilines is 2. The van der Waals surface area contributed by atoms with E-state index in [1.165, 1.54) is 0 Å². The molecule has 1 aliphatic heterocycles. The van der Waals surface area contributed by atoms with Crippen molar-refractivity contribution in [3.05, 3.63) is 17.3 Å². The predicted molar refractivity (Wildman–Crippen MR) is 68.0 cm³/mol. The number of hydrogen-bond donors (Lipinski definition) is 1. The number of halogens is 1. The molecule has 1 aromatic rings. The first-order valence-corrected chi connectivity index (χ1v) is 5.82. The minimum absolute atomic E-state index is 0.423. The van der Waals surface area contributed by atoms with Gasteiger partial charge in [-0.3, -0.25) is 0 Å². The first-order valence-electron chi connectivity index (χ1n) is 5.44. The van der Waals surface area contributed by atoms with Crippen LogP contribution in [0, 0.1) is 0 Å². The molecule has 4 nitrogen and oxygen atoms in total. The third-order valence-corrected chi connectivity index (χ3v) is 3.22. The lowest BCUT2D eigenvalue weighted by Crippen LogP contribution is -2.50. The lowest BCUT2D eigenvalue weighted by molar-refractivity contribution is 0.274. The topological polar surface area (TPSA) is 45.4 Å². The van der Waals surface area contributed by atoms with E-state index in [0.717, 1.165) is 25.5 Å². The van der Waals surface area contributed by atoms with Gasteiger partial charge in [-0.15, -0.1) is 0 Å². The Morgan fingerprint density at radius 2 is 2.25 bits per heavy atom. The normalized spacial score (nSPS) is 22.4. The van der Waals surface area contributed by atoms with Crippen molar-refractivity contribution in [2.24, 2.45) is 0 Å². The second-order valence-electron chi connectivity index (χ2n) is 4.38. The van der Waals surface area contributed by atoms with Crippen molar-refractivity contribution in [2.75, 3.05) is 37.3 Å². The summed E-state index contributed by atoms with van der Waals surface area (Å²) in [6.07, 6.45) is 1.66. The van der Waals surface area contributed by atoms with Gasteiger partial charge in [-0.1, -0.05) is 11.6 Å². The molecule has 1 fully saturated rings. The van der Waals surface area contributed by atoms with E-state index in [1.807, 2.05) is 0 Å². The molecule has 2 N–H and O–H groups in total. The zero-order valence-electron chi connectivity index (χ0n) is 9.65. The highest BCUT2D eigenvalue weighted by atomic mass is 35.5. The molecule has 1 unspecified atom stereocenters. The Labute approximate surface area is 101 Å². The molecule has 0 spiro atoms. The monoisotopic (exact) mass is 240 g/mol. The van der Waals surface area contributed by atoms with Gasteiger partial charge in [0.2, 0.25) is 0 Å². The summed E-state index contributed by atoms with van der Waals surface area (Å²) in [5, 5.41) is 0.636. The van der Waals surface area contributed by atoms with Crippen LogP contribution < -0.4 is 10.6 Å². The summed E-state index contributed by atoms with van der Waals surface area (Å²) in [5.41, 5.74) is 6.25. The molecule has 2 rings (SSSR count). The number of rotatable bonds is 1. The van der Waals surface area contributed by atoms with Crippen molar-refractivity contribution in [1.82, 2.24) is 9.88 Å². The molecule has 0 amide bonds. The van der Waals surface area contributed by atoms with Crippen LogP contribution in [0.2, 0.25) is 5.02 Å². The zero-order chi connectivity index (χ0) is 11.7. The van der Waals surface area contributed by atoms with Gasteiger partial charge in [0.1, 0.15) is 5.82 Å². The highest BCUT2D eigenvalue weighted by Gasteiger charge is 2.24. The number of pyridine rings is 1. The first-order chi connectivity index (χ1) is 7.58. The van der Waals surface area contributed by atoms with Gasteiger partial charge in [-0.25, -0.2) is 4.98 Å². The van der Waals surface area contributed by atoms with Gasteiger partial charge >= 0.3 is 0 Å². The quantitative estimate of drug-likeness (QED) is 0.807. The largest absolute Gasteiger partial charge is 0.397 e. The van der Waals surface area contributed by atoms with E-state index in [-0.39, 0.29) is 0 Å². The predicted octanol–water partition coefficient (Wildman–Crippen LogP) is 1.46. The highest BCUT2D eigenvalue weighted by Crippen LogP contribution is 2.27. The van der Waals surface area contributed by atoms with Gasteiger partial charge in [0, 0.05) is 25.7 Å². The smallest absolute Gasteiger partial charge is 0.147 e. The summed E-state index contributed by atoms with van der Waals surface area (Å²) < 4.78 is 0. The number of nitrogens with two attached hydrogens (primary N) is 1. The molecule has 1 saturated heterocycles. The van der Waals surface area contributed by atoms with Crippen molar-refractivity contribution in [1.29, 1.82) is 0 Å². The molecule has 88 valence electrons. The highest BCUT2D eigenvalue weighted by molar-refractivity contribution is 6.33. The number of nitrogens with zero attached hydrogens (tertiary/aromatic N) is 3. The van der Waals surface area contributed by atoms with Crippen molar-refractivity contribution in [3.63, 3.8) is 0 Å². The molecule has 0 radical (unpaired) electrons. The Kier molecular flexibility index (Phi) is 3.21. The number of nitrogen functional groups attached to an aromatic ring is 1. The molecule has 0 aromatic carbocycles. The average molecular weight is 241 g/mol. The first kappa shape index (κ1) is 11.5. The second-order valence-corrected chi connectivity index (χ2v) is 4.79. The summed E-state index contributed by atoms with van der Waals surface area (Å²) in [4.78, 5) is 8.88. The minimum atomic E-state index is 0.423. The van der Waals surface area contributed by atoms with Gasteiger partial charge in [0.15, 0.2) is 0 Å². The van der Waals surface area contributed by atoms with Crippen molar-refractivity contribution in [2.45, 2.75) is 13.0 Å². The molecule has 1 atom stereocenters. The van der Waals surface area contributed by atoms with Crippen LogP contribution in [0.1, 0.15) is 6.92 Å². The maximum Gasteiger partial charge on any atom is 0.147 e. The Balaban J connectivity index is 2.23. The minimum Gasteiger partial charge on any atom is -0.397 e. The van der Waals surface area contributed by atoms with Crippen LogP contribution in [0.25, 0.3) is 0 Å². The van der Waals surface area contributed by atoms with E-state index < -0.39 is 0 Å². The van der Waals surface area contributed by atoms with Crippen LogP contribution in [0.5, 0.6) is 0 Å². The van der Waals surface area contributed by atoms with Crippen LogP contribution in [0.15, 0.2) is 12.3 Å². The Hall–Kier alpha value is -1.00. The fourth-order valence-electron chi connectivity index (χ4n) is 2.11. The van der Waals surface area contributed by atoms with Crippen molar-refractivity contribution >= 4 is 23.1 Å². The van der Waals surface area contributed by atoms with Crippen LogP contribution in [0.4, 0.5) is 11.5 Å². The van der Waals surface area contributed by atoms with Gasteiger partial charge in [0.25, 0.3) is 0 Å². The van der Waals surface area contributed by atoms with Gasteiger partial charge in [-0.05, 0) is 20.0 Å².